The van der Waals surface area contributed by atoms with Crippen LogP contribution < -0.4 is 15.0 Å². The molecule has 2 aliphatic rings. The molecule has 0 bridgehead atoms. The number of hydrogen-bond acceptors (Lipinski definition) is 6. The number of hydrogen-bond donors (Lipinski definition) is 1. The van der Waals surface area contributed by atoms with E-state index in [1.165, 1.54) is 11.3 Å². The Morgan fingerprint density at radius 1 is 1.46 bits per heavy atom. The van der Waals surface area contributed by atoms with Crippen LogP contribution in [0.3, 0.4) is 0 Å². The number of carbonyl (C=O) groups is 2. The van der Waals surface area contributed by atoms with Crippen LogP contribution in [0.25, 0.3) is 0 Å². The summed E-state index contributed by atoms with van der Waals surface area (Å²) in [6.45, 7) is 1.57. The number of nitrogens with zero attached hydrogens (tertiary/aromatic N) is 2. The first-order valence-electron chi connectivity index (χ1n) is 8.45. The highest BCUT2D eigenvalue weighted by Crippen LogP contribution is 2.30. The smallest absolute Gasteiger partial charge is 0.231 e. The fourth-order valence-corrected chi connectivity index (χ4v) is 4.15. The van der Waals surface area contributed by atoms with Gasteiger partial charge in [-0.2, -0.15) is 0 Å². The Morgan fingerprint density at radius 3 is 3.15 bits per heavy atom. The quantitative estimate of drug-likeness (QED) is 0.889. The van der Waals surface area contributed by atoms with E-state index < -0.39 is 5.92 Å². The topological polar surface area (TPSA) is 80.8 Å². The summed E-state index contributed by atoms with van der Waals surface area (Å²) in [5.41, 5.74) is 1.74. The molecule has 0 aliphatic carbocycles. The minimum Gasteiger partial charge on any atom is -0.497 e. The first-order valence-corrected chi connectivity index (χ1v) is 9.27. The lowest BCUT2D eigenvalue weighted by molar-refractivity contribution is -0.122. The molecule has 2 amide bonds. The number of nitrogens with one attached hydrogen (secondary N) is 1. The van der Waals surface area contributed by atoms with Crippen molar-refractivity contribution in [2.75, 3.05) is 30.5 Å². The fraction of sp³-hybridized carbons (Fsp3) is 0.389. The summed E-state index contributed by atoms with van der Waals surface area (Å²) < 4.78 is 10.6. The molecular weight excluding hydrogens is 354 g/mol. The number of fused-ring (bicyclic) bond motifs is 1. The Morgan fingerprint density at radius 2 is 2.35 bits per heavy atom. The van der Waals surface area contributed by atoms with Gasteiger partial charge in [-0.15, -0.1) is 0 Å². The Balaban J connectivity index is 1.44. The molecule has 1 N–H and O–H groups in total. The molecule has 1 fully saturated rings. The molecule has 7 nitrogen and oxygen atoms in total. The third-order valence-corrected chi connectivity index (χ3v) is 5.57. The lowest BCUT2D eigenvalue weighted by atomic mass is 10.1. The second-order valence-electron chi connectivity index (χ2n) is 6.29. The van der Waals surface area contributed by atoms with E-state index in [0.29, 0.717) is 30.6 Å². The summed E-state index contributed by atoms with van der Waals surface area (Å²) in [5.74, 6) is 0.0469. The molecule has 2 aromatic rings. The fourth-order valence-electron chi connectivity index (χ4n) is 3.20. The number of benzene rings is 1. The van der Waals surface area contributed by atoms with Gasteiger partial charge in [0, 0.05) is 31.1 Å². The largest absolute Gasteiger partial charge is 0.497 e. The Hall–Kier alpha value is -2.45. The zero-order valence-corrected chi connectivity index (χ0v) is 15.2. The molecule has 1 unspecified atom stereocenters. The predicted octanol–water partition coefficient (Wildman–Crippen LogP) is 2.22. The molecule has 136 valence electrons. The van der Waals surface area contributed by atoms with Gasteiger partial charge in [-0.25, -0.2) is 4.98 Å². The van der Waals surface area contributed by atoms with Crippen molar-refractivity contribution in [1.29, 1.82) is 0 Å². The first kappa shape index (κ1) is 17.0. The lowest BCUT2D eigenvalue weighted by Gasteiger charge is -2.17. The van der Waals surface area contributed by atoms with E-state index in [1.54, 1.807) is 18.1 Å². The van der Waals surface area contributed by atoms with Gasteiger partial charge in [-0.05, 0) is 12.1 Å². The van der Waals surface area contributed by atoms with Crippen molar-refractivity contribution >= 4 is 34.0 Å². The van der Waals surface area contributed by atoms with Gasteiger partial charge in [-0.1, -0.05) is 17.4 Å². The monoisotopic (exact) mass is 373 g/mol. The molecule has 0 saturated carbocycles. The minimum absolute atomic E-state index is 0.0646. The van der Waals surface area contributed by atoms with Crippen LogP contribution in [0, 0.1) is 5.92 Å². The summed E-state index contributed by atoms with van der Waals surface area (Å²) in [6, 6.07) is 7.29. The average Bonchev–Trinajstić information content (AvgIpc) is 3.24. The number of anilines is 2. The van der Waals surface area contributed by atoms with E-state index in [0.717, 1.165) is 22.7 Å². The van der Waals surface area contributed by atoms with Crippen LogP contribution in [0.2, 0.25) is 0 Å². The van der Waals surface area contributed by atoms with Crippen molar-refractivity contribution < 1.29 is 19.1 Å². The third kappa shape index (κ3) is 3.30. The number of amides is 2. The van der Waals surface area contributed by atoms with E-state index in [2.05, 4.69) is 10.3 Å². The van der Waals surface area contributed by atoms with Crippen LogP contribution in [0.1, 0.15) is 17.0 Å². The molecule has 0 radical (unpaired) electrons. The van der Waals surface area contributed by atoms with E-state index in [-0.39, 0.29) is 18.2 Å². The zero-order chi connectivity index (χ0) is 18.1. The van der Waals surface area contributed by atoms with E-state index in [9.17, 15) is 9.59 Å². The average molecular weight is 373 g/mol. The van der Waals surface area contributed by atoms with E-state index in [4.69, 9.17) is 9.47 Å². The summed E-state index contributed by atoms with van der Waals surface area (Å²) in [5, 5.41) is 3.45. The summed E-state index contributed by atoms with van der Waals surface area (Å²) >= 11 is 1.44. The first-order chi connectivity index (χ1) is 12.6. The number of ether oxygens (including phenoxy) is 2. The van der Waals surface area contributed by atoms with Gasteiger partial charge in [0.1, 0.15) is 5.75 Å². The summed E-state index contributed by atoms with van der Waals surface area (Å²) in [6.07, 6.45) is 0.963. The molecule has 0 spiro atoms. The van der Waals surface area contributed by atoms with E-state index >= 15 is 0 Å². The molecule has 26 heavy (non-hydrogen) atoms. The Bertz CT molecular complexity index is 827. The standard InChI is InChI=1S/C18H19N3O4S/c1-24-13-4-2-3-12(8-13)21-9-11(7-16(21)22)17(23)20-18-19-14-5-6-25-10-15(14)26-18/h2-4,8,11H,5-7,9-10H2,1H3,(H,19,20,23). The van der Waals surface area contributed by atoms with Crippen molar-refractivity contribution in [2.45, 2.75) is 19.4 Å². The normalized spacial score (nSPS) is 19.3. The van der Waals surface area contributed by atoms with Crippen molar-refractivity contribution in [3.8, 4) is 5.75 Å². The highest BCUT2D eigenvalue weighted by atomic mass is 32.1. The SMILES string of the molecule is COc1cccc(N2CC(C(=O)Nc3nc4c(s3)COCC4)CC2=O)c1. The Kier molecular flexibility index (Phi) is 4.60. The Labute approximate surface area is 154 Å². The molecular formula is C18H19N3O4S. The van der Waals surface area contributed by atoms with Crippen molar-refractivity contribution in [3.63, 3.8) is 0 Å². The van der Waals surface area contributed by atoms with Gasteiger partial charge in [0.05, 0.1) is 36.8 Å². The van der Waals surface area contributed by atoms with Crippen LogP contribution in [0.5, 0.6) is 5.75 Å². The highest BCUT2D eigenvalue weighted by Gasteiger charge is 2.35. The molecule has 8 heteroatoms. The van der Waals surface area contributed by atoms with E-state index in [1.807, 2.05) is 18.2 Å². The van der Waals surface area contributed by atoms with Gasteiger partial charge in [0.25, 0.3) is 0 Å². The van der Waals surface area contributed by atoms with Crippen LogP contribution in [-0.4, -0.2) is 37.1 Å². The second kappa shape index (κ2) is 7.05. The predicted molar refractivity (Wildman–Crippen MR) is 97.6 cm³/mol. The van der Waals surface area contributed by atoms with Crippen LogP contribution in [0.15, 0.2) is 24.3 Å². The molecule has 1 aromatic heterocycles. The molecule has 1 aromatic carbocycles. The summed E-state index contributed by atoms with van der Waals surface area (Å²) in [4.78, 5) is 32.1. The van der Waals surface area contributed by atoms with Gasteiger partial charge in [0.15, 0.2) is 5.13 Å². The van der Waals surface area contributed by atoms with Crippen LogP contribution in [-0.2, 0) is 27.4 Å². The number of thiazole rings is 1. The molecule has 3 heterocycles. The van der Waals surface area contributed by atoms with Gasteiger partial charge in [0.2, 0.25) is 11.8 Å². The van der Waals surface area contributed by atoms with Crippen LogP contribution in [0.4, 0.5) is 10.8 Å². The van der Waals surface area contributed by atoms with Crippen LogP contribution >= 0.6 is 11.3 Å². The number of rotatable bonds is 4. The molecule has 4 rings (SSSR count). The maximum atomic E-state index is 12.6. The number of methoxy groups -OCH3 is 1. The molecule has 2 aliphatic heterocycles. The van der Waals surface area contributed by atoms with Crippen molar-refractivity contribution in [1.82, 2.24) is 4.98 Å². The van der Waals surface area contributed by atoms with Crippen molar-refractivity contribution in [3.05, 3.63) is 34.8 Å². The van der Waals surface area contributed by atoms with Gasteiger partial charge >= 0.3 is 0 Å². The number of carbonyl (C=O) groups excluding carboxylic acids is 2. The second-order valence-corrected chi connectivity index (χ2v) is 7.37. The van der Waals surface area contributed by atoms with Gasteiger partial charge < -0.3 is 19.7 Å². The minimum atomic E-state index is -0.397. The molecule has 1 saturated heterocycles. The number of aromatic nitrogens is 1. The summed E-state index contributed by atoms with van der Waals surface area (Å²) in [7, 11) is 1.58. The van der Waals surface area contributed by atoms with Gasteiger partial charge in [-0.3, -0.25) is 9.59 Å². The molecule has 1 atom stereocenters. The maximum absolute atomic E-state index is 12.6. The highest BCUT2D eigenvalue weighted by molar-refractivity contribution is 7.15. The zero-order valence-electron chi connectivity index (χ0n) is 14.4. The van der Waals surface area contributed by atoms with Crippen molar-refractivity contribution in [2.24, 2.45) is 5.92 Å². The third-order valence-electron chi connectivity index (χ3n) is 4.59. The lowest BCUT2D eigenvalue weighted by Crippen LogP contribution is -2.28. The maximum Gasteiger partial charge on any atom is 0.231 e.